The molecule has 1 aromatic heterocycles. The lowest BCUT2D eigenvalue weighted by atomic mass is 9.60. The molecule has 3 aromatic rings. The molecular formula is C28H27FN4O3. The van der Waals surface area contributed by atoms with Crippen molar-refractivity contribution in [2.75, 3.05) is 4.90 Å². The molecule has 2 amide bonds. The predicted octanol–water partition coefficient (Wildman–Crippen LogP) is 4.23. The van der Waals surface area contributed by atoms with Crippen LogP contribution in [-0.2, 0) is 15.0 Å². The molecule has 184 valence electrons. The molecule has 4 atom stereocenters. The van der Waals surface area contributed by atoms with E-state index in [0.29, 0.717) is 17.8 Å². The number of nitrogens with zero attached hydrogens (tertiary/aromatic N) is 4. The molecule has 0 spiro atoms. The lowest BCUT2D eigenvalue weighted by Crippen LogP contribution is -2.59. The Morgan fingerprint density at radius 2 is 1.94 bits per heavy atom. The number of allylic oxidation sites excluding steroid dienone is 1. The number of para-hydroxylation sites is 1. The van der Waals surface area contributed by atoms with Gasteiger partial charge in [-0.3, -0.25) is 23.9 Å². The molecule has 3 aliphatic rings. The molecule has 2 aromatic carbocycles. The van der Waals surface area contributed by atoms with Gasteiger partial charge in [0.2, 0.25) is 11.8 Å². The van der Waals surface area contributed by atoms with Crippen LogP contribution in [-0.4, -0.2) is 32.4 Å². The van der Waals surface area contributed by atoms with Crippen LogP contribution in [0.15, 0.2) is 59.9 Å². The first-order valence-electron chi connectivity index (χ1n) is 12.1. The van der Waals surface area contributed by atoms with Gasteiger partial charge in [0.05, 0.1) is 16.9 Å². The smallest absolute Gasteiger partial charge is 0.262 e. The highest BCUT2D eigenvalue weighted by atomic mass is 19.1. The molecule has 0 N–H and O–H groups in total. The maximum Gasteiger partial charge on any atom is 0.262 e. The predicted molar refractivity (Wildman–Crippen MR) is 134 cm³/mol. The van der Waals surface area contributed by atoms with Crippen LogP contribution in [0.5, 0.6) is 0 Å². The van der Waals surface area contributed by atoms with E-state index in [2.05, 4.69) is 20.4 Å². The standard InChI is InChI=1S/C28H27FN4O3/c1-6-27(4,5)28-14-22-23-30-20-12-11-17(29)13-18(20)25(36)31(23)15(2)24(35)33(22)26(28)32(16(3)34)21-10-8-7-9-19(21)28/h6-13,15,22,26H,1,14H2,2-5H3/t15-,22+,26+,28-/m1/s1. The number of carbonyl (C=O) groups is 2. The zero-order chi connectivity index (χ0) is 25.7. The fraction of sp³-hybridized carbons (Fsp3) is 0.357. The van der Waals surface area contributed by atoms with Crippen molar-refractivity contribution >= 4 is 28.4 Å². The fourth-order valence-corrected chi connectivity index (χ4v) is 6.78. The van der Waals surface area contributed by atoms with E-state index in [1.54, 1.807) is 16.7 Å². The van der Waals surface area contributed by atoms with Crippen molar-refractivity contribution in [3.8, 4) is 0 Å². The van der Waals surface area contributed by atoms with Crippen molar-refractivity contribution in [1.29, 1.82) is 0 Å². The minimum Gasteiger partial charge on any atom is -0.309 e. The Kier molecular flexibility index (Phi) is 4.48. The molecule has 0 aliphatic carbocycles. The van der Waals surface area contributed by atoms with Gasteiger partial charge in [0.25, 0.3) is 5.56 Å². The van der Waals surface area contributed by atoms with Gasteiger partial charge in [-0.1, -0.05) is 38.1 Å². The van der Waals surface area contributed by atoms with E-state index in [1.807, 2.05) is 30.3 Å². The van der Waals surface area contributed by atoms with E-state index >= 15 is 0 Å². The third-order valence-electron chi connectivity index (χ3n) is 8.63. The zero-order valence-electron chi connectivity index (χ0n) is 20.7. The van der Waals surface area contributed by atoms with Gasteiger partial charge < -0.3 is 4.90 Å². The monoisotopic (exact) mass is 486 g/mol. The minimum absolute atomic E-state index is 0.141. The molecule has 0 bridgehead atoms. The number of fused-ring (bicyclic) bond motifs is 8. The molecule has 1 saturated heterocycles. The normalized spacial score (nSPS) is 26.5. The summed E-state index contributed by atoms with van der Waals surface area (Å²) in [4.78, 5) is 49.0. The number of anilines is 1. The van der Waals surface area contributed by atoms with Crippen molar-refractivity contribution in [3.05, 3.63) is 82.7 Å². The second-order valence-corrected chi connectivity index (χ2v) is 10.6. The third kappa shape index (κ3) is 2.51. The Labute approximate surface area is 207 Å². The Morgan fingerprint density at radius 3 is 2.64 bits per heavy atom. The van der Waals surface area contributed by atoms with E-state index in [0.717, 1.165) is 11.3 Å². The Morgan fingerprint density at radius 1 is 1.22 bits per heavy atom. The molecule has 0 saturated carbocycles. The number of amides is 2. The van der Waals surface area contributed by atoms with Crippen LogP contribution in [0, 0.1) is 11.2 Å². The van der Waals surface area contributed by atoms with Crippen LogP contribution in [0.25, 0.3) is 10.9 Å². The number of carbonyl (C=O) groups excluding carboxylic acids is 2. The second kappa shape index (κ2) is 7.12. The molecule has 8 heteroatoms. The second-order valence-electron chi connectivity index (χ2n) is 10.6. The summed E-state index contributed by atoms with van der Waals surface area (Å²) in [5, 5.41) is 0.141. The minimum atomic E-state index is -0.857. The van der Waals surface area contributed by atoms with Gasteiger partial charge in [0, 0.05) is 18.0 Å². The summed E-state index contributed by atoms with van der Waals surface area (Å²) in [6, 6.07) is 10.3. The zero-order valence-corrected chi connectivity index (χ0v) is 20.7. The first kappa shape index (κ1) is 22.6. The molecule has 7 nitrogen and oxygen atoms in total. The maximum absolute atomic E-state index is 14.0. The summed E-state index contributed by atoms with van der Waals surface area (Å²) in [5.41, 5.74) is 0.501. The van der Waals surface area contributed by atoms with Gasteiger partial charge in [-0.2, -0.15) is 0 Å². The average molecular weight is 487 g/mol. The highest BCUT2D eigenvalue weighted by molar-refractivity contribution is 5.98. The van der Waals surface area contributed by atoms with Gasteiger partial charge in [-0.05, 0) is 48.6 Å². The van der Waals surface area contributed by atoms with Crippen molar-refractivity contribution in [1.82, 2.24) is 14.5 Å². The number of hydrogen-bond acceptors (Lipinski definition) is 4. The van der Waals surface area contributed by atoms with E-state index in [4.69, 9.17) is 4.98 Å². The van der Waals surface area contributed by atoms with Gasteiger partial charge in [-0.25, -0.2) is 9.37 Å². The van der Waals surface area contributed by atoms with Crippen molar-refractivity contribution in [2.24, 2.45) is 5.41 Å². The molecule has 0 unspecified atom stereocenters. The topological polar surface area (TPSA) is 75.5 Å². The summed E-state index contributed by atoms with van der Waals surface area (Å²) < 4.78 is 15.4. The van der Waals surface area contributed by atoms with E-state index in [1.165, 1.54) is 29.7 Å². The molecule has 0 radical (unpaired) electrons. The van der Waals surface area contributed by atoms with Gasteiger partial charge in [0.1, 0.15) is 23.8 Å². The summed E-state index contributed by atoms with van der Waals surface area (Å²) >= 11 is 0. The first-order chi connectivity index (χ1) is 17.0. The SMILES string of the molecule is C=CC(C)(C)[C@@]12C[C@H]3c4nc5ccc(F)cc5c(=O)n4[C@H](C)C(=O)N3[C@@H]1N(C(C)=O)c1ccccc12. The van der Waals surface area contributed by atoms with Gasteiger partial charge in [0.15, 0.2) is 0 Å². The van der Waals surface area contributed by atoms with Crippen LogP contribution in [0.2, 0.25) is 0 Å². The summed E-state index contributed by atoms with van der Waals surface area (Å²) in [5.74, 6) is -0.506. The summed E-state index contributed by atoms with van der Waals surface area (Å²) in [7, 11) is 0. The maximum atomic E-state index is 14.0. The highest BCUT2D eigenvalue weighted by Gasteiger charge is 2.69. The molecule has 36 heavy (non-hydrogen) atoms. The summed E-state index contributed by atoms with van der Waals surface area (Å²) in [6.45, 7) is 11.4. The number of rotatable bonds is 2. The Hall–Kier alpha value is -3.81. The van der Waals surface area contributed by atoms with Gasteiger partial charge >= 0.3 is 0 Å². The molecular weight excluding hydrogens is 459 g/mol. The fourth-order valence-electron chi connectivity index (χ4n) is 6.78. The molecule has 4 heterocycles. The number of aromatic nitrogens is 2. The van der Waals surface area contributed by atoms with Crippen molar-refractivity contribution in [2.45, 2.75) is 57.8 Å². The number of hydrogen-bond donors (Lipinski definition) is 0. The number of benzene rings is 2. The van der Waals surface area contributed by atoms with E-state index < -0.39 is 40.5 Å². The van der Waals surface area contributed by atoms with Crippen LogP contribution < -0.4 is 10.5 Å². The van der Waals surface area contributed by atoms with Crippen LogP contribution in [0.3, 0.4) is 0 Å². The van der Waals surface area contributed by atoms with Crippen LogP contribution >= 0.6 is 0 Å². The first-order valence-corrected chi connectivity index (χ1v) is 12.1. The largest absolute Gasteiger partial charge is 0.309 e. The van der Waals surface area contributed by atoms with E-state index in [-0.39, 0.29) is 17.2 Å². The van der Waals surface area contributed by atoms with Crippen molar-refractivity contribution in [3.63, 3.8) is 0 Å². The van der Waals surface area contributed by atoms with E-state index in [9.17, 15) is 18.8 Å². The van der Waals surface area contributed by atoms with Crippen LogP contribution in [0.4, 0.5) is 10.1 Å². The van der Waals surface area contributed by atoms with Gasteiger partial charge in [-0.15, -0.1) is 6.58 Å². The molecule has 6 rings (SSSR count). The average Bonchev–Trinajstić information content (AvgIpc) is 3.35. The third-order valence-corrected chi connectivity index (χ3v) is 8.63. The Bertz CT molecular complexity index is 1560. The quantitative estimate of drug-likeness (QED) is 0.508. The molecule has 3 aliphatic heterocycles. The highest BCUT2D eigenvalue weighted by Crippen LogP contribution is 2.65. The van der Waals surface area contributed by atoms with Crippen LogP contribution in [0.1, 0.15) is 57.6 Å². The van der Waals surface area contributed by atoms with Crippen molar-refractivity contribution < 1.29 is 14.0 Å². The lowest BCUT2D eigenvalue weighted by molar-refractivity contribution is -0.141. The molecule has 1 fully saturated rings. The summed E-state index contributed by atoms with van der Waals surface area (Å²) in [6.07, 6.45) is 1.74. The Balaban J connectivity index is 1.68. The lowest BCUT2D eigenvalue weighted by Gasteiger charge is -2.46. The number of halogens is 1.